The average Bonchev–Trinajstić information content (AvgIpc) is 3.28. The fourth-order valence-corrected chi connectivity index (χ4v) is 4.90. The van der Waals surface area contributed by atoms with Crippen LogP contribution in [-0.2, 0) is 10.0 Å². The predicted molar refractivity (Wildman–Crippen MR) is 93.6 cm³/mol. The lowest BCUT2D eigenvalue weighted by Crippen LogP contribution is -2.36. The van der Waals surface area contributed by atoms with Gasteiger partial charge in [-0.2, -0.15) is 0 Å². The van der Waals surface area contributed by atoms with Gasteiger partial charge in [0.1, 0.15) is 0 Å². The Labute approximate surface area is 143 Å². The van der Waals surface area contributed by atoms with Crippen LogP contribution in [0.1, 0.15) is 41.1 Å². The topological polar surface area (TPSA) is 78.5 Å². The standard InChI is InChI=1S/C17H25N3O3S/c21-17(19-9-12-24(22,23)20-10-3-4-11-20)16-6-2-1-5-15(16)14-7-8-18-13-14/h1-2,5-6,14,18H,3-4,7-13H2,(H,19,21)/t14-/m0/s1. The van der Waals surface area contributed by atoms with E-state index in [1.165, 1.54) is 4.31 Å². The van der Waals surface area contributed by atoms with Crippen molar-refractivity contribution >= 4 is 15.9 Å². The highest BCUT2D eigenvalue weighted by molar-refractivity contribution is 7.89. The summed E-state index contributed by atoms with van der Waals surface area (Å²) in [6.45, 7) is 3.21. The Morgan fingerprint density at radius 3 is 2.71 bits per heavy atom. The van der Waals surface area contributed by atoms with Crippen molar-refractivity contribution in [3.05, 3.63) is 35.4 Å². The van der Waals surface area contributed by atoms with Crippen molar-refractivity contribution < 1.29 is 13.2 Å². The molecule has 2 aliphatic heterocycles. The van der Waals surface area contributed by atoms with Crippen molar-refractivity contribution in [2.45, 2.75) is 25.2 Å². The smallest absolute Gasteiger partial charge is 0.251 e. The second-order valence-corrected chi connectivity index (χ2v) is 8.54. The van der Waals surface area contributed by atoms with Crippen LogP contribution in [0.5, 0.6) is 0 Å². The number of rotatable bonds is 6. The van der Waals surface area contributed by atoms with E-state index in [1.54, 1.807) is 0 Å². The zero-order valence-corrected chi connectivity index (χ0v) is 14.6. The molecule has 2 heterocycles. The first kappa shape index (κ1) is 17.4. The molecule has 0 aliphatic carbocycles. The lowest BCUT2D eigenvalue weighted by molar-refractivity contribution is 0.0954. The van der Waals surface area contributed by atoms with E-state index in [-0.39, 0.29) is 18.2 Å². The number of hydrogen-bond acceptors (Lipinski definition) is 4. The van der Waals surface area contributed by atoms with Crippen molar-refractivity contribution in [2.75, 3.05) is 38.5 Å². The number of amides is 1. The highest BCUT2D eigenvalue weighted by Crippen LogP contribution is 2.25. The number of hydrogen-bond donors (Lipinski definition) is 2. The average molecular weight is 351 g/mol. The highest BCUT2D eigenvalue weighted by Gasteiger charge is 2.25. The SMILES string of the molecule is O=C(NCCS(=O)(=O)N1CCCC1)c1ccccc1[C@H]1CCNC1. The number of benzene rings is 1. The van der Waals surface area contributed by atoms with E-state index in [9.17, 15) is 13.2 Å². The monoisotopic (exact) mass is 351 g/mol. The fourth-order valence-electron chi connectivity index (χ4n) is 3.46. The van der Waals surface area contributed by atoms with Crippen LogP contribution in [-0.4, -0.2) is 57.1 Å². The lowest BCUT2D eigenvalue weighted by atomic mass is 9.93. The highest BCUT2D eigenvalue weighted by atomic mass is 32.2. The van der Waals surface area contributed by atoms with E-state index in [2.05, 4.69) is 10.6 Å². The Kier molecular flexibility index (Phi) is 5.53. The zero-order valence-electron chi connectivity index (χ0n) is 13.8. The quantitative estimate of drug-likeness (QED) is 0.799. The summed E-state index contributed by atoms with van der Waals surface area (Å²) >= 11 is 0. The molecular formula is C17H25N3O3S. The van der Waals surface area contributed by atoms with Gasteiger partial charge >= 0.3 is 0 Å². The summed E-state index contributed by atoms with van der Waals surface area (Å²) in [4.78, 5) is 12.5. The molecule has 0 aromatic heterocycles. The molecule has 0 unspecified atom stereocenters. The Morgan fingerprint density at radius 1 is 1.25 bits per heavy atom. The van der Waals surface area contributed by atoms with Crippen LogP contribution in [0.3, 0.4) is 0 Å². The summed E-state index contributed by atoms with van der Waals surface area (Å²) in [6, 6.07) is 7.61. The van der Waals surface area contributed by atoms with E-state index in [1.807, 2.05) is 24.3 Å². The van der Waals surface area contributed by atoms with Gasteiger partial charge in [0.2, 0.25) is 10.0 Å². The van der Waals surface area contributed by atoms with Gasteiger partial charge in [0.05, 0.1) is 5.75 Å². The van der Waals surface area contributed by atoms with Gasteiger partial charge in [0.15, 0.2) is 0 Å². The summed E-state index contributed by atoms with van der Waals surface area (Å²) < 4.78 is 25.9. The van der Waals surface area contributed by atoms with Crippen molar-refractivity contribution in [1.82, 2.24) is 14.9 Å². The molecule has 132 valence electrons. The molecule has 2 fully saturated rings. The molecular weight excluding hydrogens is 326 g/mol. The van der Waals surface area contributed by atoms with E-state index < -0.39 is 10.0 Å². The van der Waals surface area contributed by atoms with E-state index in [4.69, 9.17) is 0 Å². The minimum atomic E-state index is -3.26. The van der Waals surface area contributed by atoms with Gasteiger partial charge < -0.3 is 10.6 Å². The first-order valence-corrected chi connectivity index (χ1v) is 10.2. The maximum atomic E-state index is 12.5. The second-order valence-electron chi connectivity index (χ2n) is 6.46. The van der Waals surface area contributed by atoms with Crippen molar-refractivity contribution in [1.29, 1.82) is 0 Å². The first-order valence-electron chi connectivity index (χ1n) is 8.63. The zero-order chi connectivity index (χ0) is 17.0. The van der Waals surface area contributed by atoms with Crippen LogP contribution in [0, 0.1) is 0 Å². The molecule has 2 aliphatic rings. The van der Waals surface area contributed by atoms with Crippen molar-refractivity contribution in [3.63, 3.8) is 0 Å². The molecule has 0 spiro atoms. The normalized spacial score (nSPS) is 21.9. The molecule has 24 heavy (non-hydrogen) atoms. The van der Waals surface area contributed by atoms with E-state index in [0.717, 1.165) is 37.9 Å². The fraction of sp³-hybridized carbons (Fsp3) is 0.588. The van der Waals surface area contributed by atoms with Crippen LogP contribution in [0.25, 0.3) is 0 Å². The number of carbonyl (C=O) groups excluding carboxylic acids is 1. The maximum absolute atomic E-state index is 12.5. The van der Waals surface area contributed by atoms with Crippen molar-refractivity contribution in [2.24, 2.45) is 0 Å². The molecule has 3 rings (SSSR count). The molecule has 1 atom stereocenters. The Hall–Kier alpha value is -1.44. The largest absolute Gasteiger partial charge is 0.351 e. The van der Waals surface area contributed by atoms with E-state index >= 15 is 0 Å². The maximum Gasteiger partial charge on any atom is 0.251 e. The minimum Gasteiger partial charge on any atom is -0.351 e. The van der Waals surface area contributed by atoms with Gasteiger partial charge in [-0.15, -0.1) is 0 Å². The molecule has 7 heteroatoms. The van der Waals surface area contributed by atoms with Crippen LogP contribution in [0.4, 0.5) is 0 Å². The van der Waals surface area contributed by atoms with Crippen LogP contribution in [0.2, 0.25) is 0 Å². The summed E-state index contributed by atoms with van der Waals surface area (Å²) in [6.07, 6.45) is 2.87. The molecule has 1 amide bonds. The Morgan fingerprint density at radius 2 is 2.00 bits per heavy atom. The van der Waals surface area contributed by atoms with Gasteiger partial charge in [-0.25, -0.2) is 12.7 Å². The van der Waals surface area contributed by atoms with Crippen LogP contribution >= 0.6 is 0 Å². The second kappa shape index (κ2) is 7.63. The molecule has 2 N–H and O–H groups in total. The first-order chi connectivity index (χ1) is 11.6. The molecule has 0 radical (unpaired) electrons. The Balaban J connectivity index is 1.59. The van der Waals surface area contributed by atoms with Gasteiger partial charge in [-0.1, -0.05) is 18.2 Å². The Bertz CT molecular complexity index is 678. The molecule has 0 saturated carbocycles. The van der Waals surface area contributed by atoms with Gasteiger partial charge in [0, 0.05) is 31.7 Å². The lowest BCUT2D eigenvalue weighted by Gasteiger charge is -2.17. The minimum absolute atomic E-state index is 0.0358. The molecule has 6 nitrogen and oxygen atoms in total. The van der Waals surface area contributed by atoms with Crippen LogP contribution in [0.15, 0.2) is 24.3 Å². The molecule has 1 aromatic carbocycles. The van der Waals surface area contributed by atoms with Gasteiger partial charge in [-0.3, -0.25) is 4.79 Å². The van der Waals surface area contributed by atoms with E-state index in [0.29, 0.717) is 24.6 Å². The predicted octanol–water partition coefficient (Wildman–Crippen LogP) is 0.919. The van der Waals surface area contributed by atoms with Crippen molar-refractivity contribution in [3.8, 4) is 0 Å². The third kappa shape index (κ3) is 3.96. The molecule has 2 saturated heterocycles. The summed E-state index contributed by atoms with van der Waals surface area (Å²) in [5.41, 5.74) is 1.70. The number of nitrogens with one attached hydrogen (secondary N) is 2. The molecule has 1 aromatic rings. The molecule has 0 bridgehead atoms. The number of sulfonamides is 1. The third-order valence-corrected chi connectivity index (χ3v) is 6.68. The van der Waals surface area contributed by atoms with Gasteiger partial charge in [-0.05, 0) is 43.4 Å². The number of nitrogens with zero attached hydrogens (tertiary/aromatic N) is 1. The third-order valence-electron chi connectivity index (χ3n) is 4.81. The summed E-state index contributed by atoms with van der Waals surface area (Å²) in [7, 11) is -3.26. The summed E-state index contributed by atoms with van der Waals surface area (Å²) in [5.74, 6) is 0.126. The summed E-state index contributed by atoms with van der Waals surface area (Å²) in [5, 5.41) is 6.09. The number of carbonyl (C=O) groups is 1. The van der Waals surface area contributed by atoms with Gasteiger partial charge in [0.25, 0.3) is 5.91 Å². The van der Waals surface area contributed by atoms with Crippen LogP contribution < -0.4 is 10.6 Å².